The second kappa shape index (κ2) is 5.22. The SMILES string of the molecule is CCCCCC(O)CC1CC(=O)N1. The molecule has 2 atom stereocenters. The maximum Gasteiger partial charge on any atom is 0.222 e. The van der Waals surface area contributed by atoms with E-state index in [1.807, 2.05) is 0 Å². The second-order valence-electron chi connectivity index (χ2n) is 3.85. The van der Waals surface area contributed by atoms with Gasteiger partial charge in [0.2, 0.25) is 5.91 Å². The van der Waals surface area contributed by atoms with Crippen LogP contribution in [0.2, 0.25) is 0 Å². The molecule has 13 heavy (non-hydrogen) atoms. The fourth-order valence-electron chi connectivity index (χ4n) is 1.65. The highest BCUT2D eigenvalue weighted by Gasteiger charge is 2.26. The molecule has 0 aliphatic carbocycles. The summed E-state index contributed by atoms with van der Waals surface area (Å²) in [6, 6.07) is 0.240. The van der Waals surface area contributed by atoms with Gasteiger partial charge in [-0.2, -0.15) is 0 Å². The molecular formula is C10H19NO2. The third-order valence-corrected chi connectivity index (χ3v) is 2.49. The maximum absolute atomic E-state index is 10.6. The Bertz CT molecular complexity index is 162. The zero-order valence-corrected chi connectivity index (χ0v) is 8.25. The molecule has 1 saturated heterocycles. The molecule has 1 amide bonds. The van der Waals surface area contributed by atoms with Gasteiger partial charge in [-0.05, 0) is 12.8 Å². The van der Waals surface area contributed by atoms with E-state index in [1.165, 1.54) is 12.8 Å². The number of hydrogen-bond donors (Lipinski definition) is 2. The topological polar surface area (TPSA) is 49.3 Å². The maximum atomic E-state index is 10.6. The van der Waals surface area contributed by atoms with Gasteiger partial charge < -0.3 is 10.4 Å². The summed E-state index contributed by atoms with van der Waals surface area (Å²) >= 11 is 0. The van der Waals surface area contributed by atoms with E-state index in [1.54, 1.807) is 0 Å². The monoisotopic (exact) mass is 185 g/mol. The standard InChI is InChI=1S/C10H19NO2/c1-2-3-4-5-9(12)6-8-7-10(13)11-8/h8-9,12H,2-7H2,1H3,(H,11,13). The fraction of sp³-hybridized carbons (Fsp3) is 0.900. The molecule has 1 aliphatic rings. The van der Waals surface area contributed by atoms with E-state index in [4.69, 9.17) is 0 Å². The number of hydrogen-bond acceptors (Lipinski definition) is 2. The van der Waals surface area contributed by atoms with Crippen LogP contribution in [0.1, 0.15) is 45.4 Å². The predicted octanol–water partition coefficient (Wildman–Crippen LogP) is 1.21. The lowest BCUT2D eigenvalue weighted by Crippen LogP contribution is -2.49. The van der Waals surface area contributed by atoms with Crippen molar-refractivity contribution in [1.29, 1.82) is 0 Å². The quantitative estimate of drug-likeness (QED) is 0.482. The Morgan fingerprint density at radius 3 is 2.85 bits per heavy atom. The van der Waals surface area contributed by atoms with Gasteiger partial charge in [0, 0.05) is 12.5 Å². The normalized spacial score (nSPS) is 23.5. The molecule has 0 radical (unpaired) electrons. The van der Waals surface area contributed by atoms with E-state index in [0.717, 1.165) is 19.3 Å². The van der Waals surface area contributed by atoms with Crippen molar-refractivity contribution in [2.24, 2.45) is 0 Å². The molecule has 0 spiro atoms. The predicted molar refractivity (Wildman–Crippen MR) is 51.3 cm³/mol. The summed E-state index contributed by atoms with van der Waals surface area (Å²) in [5, 5.41) is 12.3. The Morgan fingerprint density at radius 2 is 2.31 bits per heavy atom. The van der Waals surface area contributed by atoms with Gasteiger partial charge in [0.25, 0.3) is 0 Å². The average Bonchev–Trinajstić information content (AvgIpc) is 2.02. The highest BCUT2D eigenvalue weighted by molar-refractivity contribution is 5.82. The van der Waals surface area contributed by atoms with Crippen LogP contribution in [0.25, 0.3) is 0 Å². The lowest BCUT2D eigenvalue weighted by Gasteiger charge is -2.28. The van der Waals surface area contributed by atoms with Gasteiger partial charge in [0.1, 0.15) is 0 Å². The number of carbonyl (C=O) groups is 1. The van der Waals surface area contributed by atoms with Crippen molar-refractivity contribution < 1.29 is 9.90 Å². The molecule has 1 heterocycles. The Balaban J connectivity index is 1.97. The number of aliphatic hydroxyl groups excluding tert-OH is 1. The second-order valence-corrected chi connectivity index (χ2v) is 3.85. The molecule has 3 heteroatoms. The van der Waals surface area contributed by atoms with Crippen LogP contribution in [0.4, 0.5) is 0 Å². The number of aliphatic hydroxyl groups is 1. The molecule has 0 aromatic heterocycles. The van der Waals surface area contributed by atoms with E-state index in [9.17, 15) is 9.90 Å². The van der Waals surface area contributed by atoms with E-state index < -0.39 is 0 Å². The highest BCUT2D eigenvalue weighted by atomic mass is 16.3. The molecule has 0 aromatic rings. The average molecular weight is 185 g/mol. The molecule has 3 nitrogen and oxygen atoms in total. The summed E-state index contributed by atoms with van der Waals surface area (Å²) in [5.74, 6) is 0.116. The van der Waals surface area contributed by atoms with Gasteiger partial charge in [-0.1, -0.05) is 26.2 Å². The van der Waals surface area contributed by atoms with Crippen molar-refractivity contribution in [1.82, 2.24) is 5.32 Å². The molecule has 2 N–H and O–H groups in total. The summed E-state index contributed by atoms with van der Waals surface area (Å²) in [6.45, 7) is 2.15. The molecule has 1 rings (SSSR count). The van der Waals surface area contributed by atoms with Crippen molar-refractivity contribution in [2.45, 2.75) is 57.6 Å². The third-order valence-electron chi connectivity index (χ3n) is 2.49. The Morgan fingerprint density at radius 1 is 1.62 bits per heavy atom. The molecule has 0 aromatic carbocycles. The van der Waals surface area contributed by atoms with Crippen molar-refractivity contribution in [3.8, 4) is 0 Å². The zero-order valence-electron chi connectivity index (χ0n) is 8.25. The number of nitrogens with one attached hydrogen (secondary N) is 1. The largest absolute Gasteiger partial charge is 0.393 e. The summed E-state index contributed by atoms with van der Waals surface area (Å²) in [6.07, 6.45) is 5.46. The molecule has 0 bridgehead atoms. The Kier molecular flexibility index (Phi) is 4.22. The van der Waals surface area contributed by atoms with Crippen molar-refractivity contribution >= 4 is 5.91 Å². The van der Waals surface area contributed by atoms with E-state index in [2.05, 4.69) is 12.2 Å². The van der Waals surface area contributed by atoms with Crippen LogP contribution in [0, 0.1) is 0 Å². The minimum atomic E-state index is -0.225. The number of carbonyl (C=O) groups excluding carboxylic acids is 1. The van der Waals surface area contributed by atoms with Gasteiger partial charge in [-0.3, -0.25) is 4.79 Å². The lowest BCUT2D eigenvalue weighted by molar-refractivity contribution is -0.128. The lowest BCUT2D eigenvalue weighted by atomic mass is 9.96. The molecule has 0 saturated carbocycles. The van der Waals surface area contributed by atoms with Crippen molar-refractivity contribution in [3.63, 3.8) is 0 Å². The first-order chi connectivity index (χ1) is 6.22. The van der Waals surface area contributed by atoms with Crippen LogP contribution < -0.4 is 5.32 Å². The van der Waals surface area contributed by atoms with E-state index in [-0.39, 0.29) is 18.1 Å². The van der Waals surface area contributed by atoms with Gasteiger partial charge in [-0.25, -0.2) is 0 Å². The fourth-order valence-corrected chi connectivity index (χ4v) is 1.65. The van der Waals surface area contributed by atoms with Gasteiger partial charge in [-0.15, -0.1) is 0 Å². The zero-order chi connectivity index (χ0) is 9.68. The minimum absolute atomic E-state index is 0.116. The van der Waals surface area contributed by atoms with E-state index >= 15 is 0 Å². The number of rotatable bonds is 6. The van der Waals surface area contributed by atoms with Crippen LogP contribution in [-0.4, -0.2) is 23.2 Å². The summed E-state index contributed by atoms with van der Waals surface area (Å²) in [4.78, 5) is 10.6. The Hall–Kier alpha value is -0.570. The number of amides is 1. The molecular weight excluding hydrogens is 166 g/mol. The van der Waals surface area contributed by atoms with Crippen molar-refractivity contribution in [2.75, 3.05) is 0 Å². The van der Waals surface area contributed by atoms with Crippen LogP contribution in [-0.2, 0) is 4.79 Å². The molecule has 2 unspecified atom stereocenters. The van der Waals surface area contributed by atoms with Crippen LogP contribution in [0.3, 0.4) is 0 Å². The molecule has 1 fully saturated rings. The van der Waals surface area contributed by atoms with Crippen molar-refractivity contribution in [3.05, 3.63) is 0 Å². The van der Waals surface area contributed by atoms with Crippen LogP contribution in [0.15, 0.2) is 0 Å². The van der Waals surface area contributed by atoms with Crippen LogP contribution in [0.5, 0.6) is 0 Å². The number of unbranched alkanes of at least 4 members (excludes halogenated alkanes) is 2. The minimum Gasteiger partial charge on any atom is -0.393 e. The van der Waals surface area contributed by atoms with Gasteiger partial charge in [0.05, 0.1) is 6.10 Å². The summed E-state index contributed by atoms with van der Waals surface area (Å²) in [7, 11) is 0. The highest BCUT2D eigenvalue weighted by Crippen LogP contribution is 2.14. The summed E-state index contributed by atoms with van der Waals surface area (Å²) < 4.78 is 0. The first-order valence-corrected chi connectivity index (χ1v) is 5.19. The van der Waals surface area contributed by atoms with E-state index in [0.29, 0.717) is 6.42 Å². The number of β-lactam (4-membered cyclic amide) rings is 1. The van der Waals surface area contributed by atoms with Gasteiger partial charge >= 0.3 is 0 Å². The smallest absolute Gasteiger partial charge is 0.222 e. The Labute approximate surface area is 79.5 Å². The van der Waals surface area contributed by atoms with Gasteiger partial charge in [0.15, 0.2) is 0 Å². The summed E-state index contributed by atoms with van der Waals surface area (Å²) in [5.41, 5.74) is 0. The third kappa shape index (κ3) is 3.77. The molecule has 1 aliphatic heterocycles. The molecule has 76 valence electrons. The first kappa shape index (κ1) is 10.5. The van der Waals surface area contributed by atoms with Crippen LogP contribution >= 0.6 is 0 Å². The first-order valence-electron chi connectivity index (χ1n) is 5.19.